The number of rotatable bonds is 6. The lowest BCUT2D eigenvalue weighted by Gasteiger charge is -2.10. The quantitative estimate of drug-likeness (QED) is 0.856. The molecule has 6 nitrogen and oxygen atoms in total. The molecular formula is C16H17NO5. The molecule has 0 spiro atoms. The second kappa shape index (κ2) is 6.80. The Morgan fingerprint density at radius 1 is 1.32 bits per heavy atom. The van der Waals surface area contributed by atoms with Crippen LogP contribution in [0.1, 0.15) is 28.6 Å². The molecule has 1 aromatic carbocycles. The number of ether oxygens (including phenoxy) is 1. The van der Waals surface area contributed by atoms with Crippen molar-refractivity contribution in [3.8, 4) is 5.75 Å². The molecule has 22 heavy (non-hydrogen) atoms. The molecule has 116 valence electrons. The van der Waals surface area contributed by atoms with Crippen LogP contribution in [0.15, 0.2) is 34.9 Å². The lowest BCUT2D eigenvalue weighted by Crippen LogP contribution is -2.14. The number of furan rings is 1. The Hall–Kier alpha value is -2.76. The van der Waals surface area contributed by atoms with Crippen molar-refractivity contribution in [3.05, 3.63) is 47.4 Å². The number of nitrogens with one attached hydrogen (secondary N) is 1. The SMILES string of the molecule is CCc1occc1C(=O)Nc1ccc(OCC(=O)O)cc1C. The molecule has 0 saturated carbocycles. The minimum Gasteiger partial charge on any atom is -0.482 e. The van der Waals surface area contributed by atoms with Gasteiger partial charge in [-0.05, 0) is 36.8 Å². The number of hydrogen-bond acceptors (Lipinski definition) is 4. The highest BCUT2D eigenvalue weighted by atomic mass is 16.5. The van der Waals surface area contributed by atoms with Crippen LogP contribution < -0.4 is 10.1 Å². The Kier molecular flexibility index (Phi) is 4.83. The van der Waals surface area contributed by atoms with Crippen molar-refractivity contribution in [1.82, 2.24) is 0 Å². The van der Waals surface area contributed by atoms with E-state index in [1.807, 2.05) is 6.92 Å². The summed E-state index contributed by atoms with van der Waals surface area (Å²) < 4.78 is 10.3. The van der Waals surface area contributed by atoms with Gasteiger partial charge in [0.25, 0.3) is 5.91 Å². The molecule has 0 radical (unpaired) electrons. The van der Waals surface area contributed by atoms with Crippen LogP contribution in [0.25, 0.3) is 0 Å². The summed E-state index contributed by atoms with van der Waals surface area (Å²) in [6, 6.07) is 6.60. The zero-order chi connectivity index (χ0) is 16.1. The lowest BCUT2D eigenvalue weighted by molar-refractivity contribution is -0.139. The van der Waals surface area contributed by atoms with Gasteiger partial charge in [-0.2, -0.15) is 0 Å². The lowest BCUT2D eigenvalue weighted by atomic mass is 10.1. The summed E-state index contributed by atoms with van der Waals surface area (Å²) in [5.74, 6) is -0.206. The van der Waals surface area contributed by atoms with Crippen LogP contribution in [0, 0.1) is 6.92 Å². The van der Waals surface area contributed by atoms with Gasteiger partial charge >= 0.3 is 5.97 Å². The summed E-state index contributed by atoms with van der Waals surface area (Å²) in [4.78, 5) is 22.7. The first-order valence-corrected chi connectivity index (χ1v) is 6.84. The number of benzene rings is 1. The third kappa shape index (κ3) is 3.66. The minimum absolute atomic E-state index is 0.243. The Balaban J connectivity index is 2.10. The van der Waals surface area contributed by atoms with Crippen LogP contribution in [0.3, 0.4) is 0 Å². The standard InChI is InChI=1S/C16H17NO5/c1-3-14-12(6-7-21-14)16(20)17-13-5-4-11(8-10(13)2)22-9-15(18)19/h4-8H,3,9H2,1-2H3,(H,17,20)(H,18,19). The average molecular weight is 303 g/mol. The van der Waals surface area contributed by atoms with Crippen molar-refractivity contribution in [2.45, 2.75) is 20.3 Å². The molecule has 0 fully saturated rings. The largest absolute Gasteiger partial charge is 0.482 e. The summed E-state index contributed by atoms with van der Waals surface area (Å²) >= 11 is 0. The van der Waals surface area contributed by atoms with Crippen molar-refractivity contribution in [1.29, 1.82) is 0 Å². The number of amides is 1. The molecule has 2 N–H and O–H groups in total. The van der Waals surface area contributed by atoms with Gasteiger partial charge < -0.3 is 19.6 Å². The second-order valence-corrected chi connectivity index (χ2v) is 4.72. The molecule has 0 unspecified atom stereocenters. The minimum atomic E-state index is -1.04. The first-order valence-electron chi connectivity index (χ1n) is 6.84. The topological polar surface area (TPSA) is 88.8 Å². The number of aliphatic carboxylic acids is 1. The Morgan fingerprint density at radius 2 is 2.09 bits per heavy atom. The third-order valence-corrected chi connectivity index (χ3v) is 3.12. The summed E-state index contributed by atoms with van der Waals surface area (Å²) in [7, 11) is 0. The Bertz CT molecular complexity index is 690. The maximum Gasteiger partial charge on any atom is 0.341 e. The predicted molar refractivity (Wildman–Crippen MR) is 80.3 cm³/mol. The van der Waals surface area contributed by atoms with Crippen molar-refractivity contribution in [2.24, 2.45) is 0 Å². The van der Waals surface area contributed by atoms with Crippen molar-refractivity contribution >= 4 is 17.6 Å². The van der Waals surface area contributed by atoms with Gasteiger partial charge in [-0.3, -0.25) is 4.79 Å². The number of anilines is 1. The first-order chi connectivity index (χ1) is 10.5. The molecule has 0 aliphatic carbocycles. The van der Waals surface area contributed by atoms with E-state index in [0.717, 1.165) is 5.56 Å². The molecule has 1 heterocycles. The smallest absolute Gasteiger partial charge is 0.341 e. The molecule has 2 aromatic rings. The maximum atomic E-state index is 12.2. The van der Waals surface area contributed by atoms with E-state index in [1.54, 1.807) is 31.2 Å². The van der Waals surface area contributed by atoms with E-state index in [9.17, 15) is 9.59 Å². The van der Waals surface area contributed by atoms with Crippen LogP contribution in [-0.2, 0) is 11.2 Å². The molecular weight excluding hydrogens is 286 g/mol. The fourth-order valence-corrected chi connectivity index (χ4v) is 2.02. The fourth-order valence-electron chi connectivity index (χ4n) is 2.02. The van der Waals surface area contributed by atoms with Crippen LogP contribution in [0.4, 0.5) is 5.69 Å². The molecule has 0 bridgehead atoms. The molecule has 1 aromatic heterocycles. The van der Waals surface area contributed by atoms with Crippen molar-refractivity contribution in [2.75, 3.05) is 11.9 Å². The number of hydrogen-bond donors (Lipinski definition) is 2. The first kappa shape index (κ1) is 15.6. The maximum absolute atomic E-state index is 12.2. The van der Waals surface area contributed by atoms with Gasteiger partial charge in [0.05, 0.1) is 11.8 Å². The molecule has 0 saturated heterocycles. The van der Waals surface area contributed by atoms with Gasteiger partial charge in [0.15, 0.2) is 6.61 Å². The highest BCUT2D eigenvalue weighted by molar-refractivity contribution is 6.05. The number of aryl methyl sites for hydroxylation is 2. The number of carboxylic acid groups (broad SMARTS) is 1. The fraction of sp³-hybridized carbons (Fsp3) is 0.250. The summed E-state index contributed by atoms with van der Waals surface area (Å²) in [5.41, 5.74) is 1.92. The Labute approximate surface area is 127 Å². The predicted octanol–water partition coefficient (Wildman–Crippen LogP) is 2.87. The van der Waals surface area contributed by atoms with E-state index in [-0.39, 0.29) is 5.91 Å². The molecule has 0 atom stereocenters. The van der Waals surface area contributed by atoms with Crippen LogP contribution >= 0.6 is 0 Å². The molecule has 0 aliphatic heterocycles. The van der Waals surface area contributed by atoms with E-state index in [1.165, 1.54) is 6.26 Å². The monoisotopic (exact) mass is 303 g/mol. The van der Waals surface area contributed by atoms with Gasteiger partial charge in [0.1, 0.15) is 11.5 Å². The summed E-state index contributed by atoms with van der Waals surface area (Å²) in [6.45, 7) is 3.31. The molecule has 2 rings (SSSR count). The summed E-state index contributed by atoms with van der Waals surface area (Å²) in [6.07, 6.45) is 2.13. The van der Waals surface area contributed by atoms with Crippen LogP contribution in [-0.4, -0.2) is 23.6 Å². The molecule has 0 aliphatic rings. The number of carbonyl (C=O) groups excluding carboxylic acids is 1. The normalized spacial score (nSPS) is 10.3. The van der Waals surface area contributed by atoms with Crippen molar-refractivity contribution in [3.63, 3.8) is 0 Å². The van der Waals surface area contributed by atoms with Gasteiger partial charge in [0.2, 0.25) is 0 Å². The highest BCUT2D eigenvalue weighted by Crippen LogP contribution is 2.22. The number of carboxylic acids is 1. The van der Waals surface area contributed by atoms with Crippen LogP contribution in [0.5, 0.6) is 5.75 Å². The van der Waals surface area contributed by atoms with Crippen LogP contribution in [0.2, 0.25) is 0 Å². The number of carbonyl (C=O) groups is 2. The summed E-state index contributed by atoms with van der Waals surface area (Å²) in [5, 5.41) is 11.4. The van der Waals surface area contributed by atoms with E-state index in [2.05, 4.69) is 5.32 Å². The average Bonchev–Trinajstić information content (AvgIpc) is 2.96. The van der Waals surface area contributed by atoms with E-state index < -0.39 is 12.6 Å². The molecule has 1 amide bonds. The van der Waals surface area contributed by atoms with Gasteiger partial charge in [-0.15, -0.1) is 0 Å². The second-order valence-electron chi connectivity index (χ2n) is 4.72. The zero-order valence-corrected chi connectivity index (χ0v) is 12.4. The van der Waals surface area contributed by atoms with Gasteiger partial charge in [-0.1, -0.05) is 6.92 Å². The van der Waals surface area contributed by atoms with E-state index in [0.29, 0.717) is 29.2 Å². The third-order valence-electron chi connectivity index (χ3n) is 3.12. The molecule has 6 heteroatoms. The van der Waals surface area contributed by atoms with E-state index in [4.69, 9.17) is 14.3 Å². The van der Waals surface area contributed by atoms with Crippen molar-refractivity contribution < 1.29 is 23.8 Å². The highest BCUT2D eigenvalue weighted by Gasteiger charge is 2.14. The Morgan fingerprint density at radius 3 is 2.73 bits per heavy atom. The van der Waals surface area contributed by atoms with Gasteiger partial charge in [-0.25, -0.2) is 4.79 Å². The van der Waals surface area contributed by atoms with Gasteiger partial charge in [0, 0.05) is 12.1 Å². The van der Waals surface area contributed by atoms with E-state index >= 15 is 0 Å². The zero-order valence-electron chi connectivity index (χ0n) is 12.4.